The average molecular weight is 309 g/mol. The predicted molar refractivity (Wildman–Crippen MR) is 84.7 cm³/mol. The van der Waals surface area contributed by atoms with E-state index in [1.54, 1.807) is 0 Å². The molecule has 0 aliphatic carbocycles. The molecule has 0 aromatic heterocycles. The number of nitrogens with one attached hydrogen (secondary N) is 1. The van der Waals surface area contributed by atoms with Gasteiger partial charge in [0.15, 0.2) is 9.84 Å². The van der Waals surface area contributed by atoms with Crippen LogP contribution in [0.25, 0.3) is 0 Å². The molecule has 116 valence electrons. The van der Waals surface area contributed by atoms with E-state index >= 15 is 0 Å². The van der Waals surface area contributed by atoms with Crippen LogP contribution in [-0.4, -0.2) is 32.1 Å². The standard InChI is InChI=1S/C16H23NO3S/c1-11(2)15-9-12-3-4-14(10-16(12)17-15)20-13-5-7-21(18,19)8-6-13/h3-4,10-11,13,15,17H,5-9H2,1-2H3. The van der Waals surface area contributed by atoms with Gasteiger partial charge < -0.3 is 10.1 Å². The van der Waals surface area contributed by atoms with Gasteiger partial charge in [-0.1, -0.05) is 19.9 Å². The Labute approximate surface area is 126 Å². The van der Waals surface area contributed by atoms with Crippen molar-refractivity contribution >= 4 is 15.5 Å². The van der Waals surface area contributed by atoms with Crippen molar-refractivity contribution in [3.63, 3.8) is 0 Å². The maximum atomic E-state index is 11.4. The lowest BCUT2D eigenvalue weighted by Gasteiger charge is -2.23. The first-order valence-corrected chi connectivity index (χ1v) is 9.51. The van der Waals surface area contributed by atoms with Crippen molar-refractivity contribution in [3.05, 3.63) is 23.8 Å². The molecule has 5 heteroatoms. The largest absolute Gasteiger partial charge is 0.490 e. The van der Waals surface area contributed by atoms with Crippen LogP contribution in [0, 0.1) is 5.92 Å². The number of hydrogen-bond donors (Lipinski definition) is 1. The summed E-state index contributed by atoms with van der Waals surface area (Å²) in [5, 5.41) is 3.55. The summed E-state index contributed by atoms with van der Waals surface area (Å²) in [4.78, 5) is 0. The Balaban J connectivity index is 1.65. The van der Waals surface area contributed by atoms with Gasteiger partial charge in [0.05, 0.1) is 11.5 Å². The quantitative estimate of drug-likeness (QED) is 0.932. The van der Waals surface area contributed by atoms with Crippen LogP contribution in [-0.2, 0) is 16.3 Å². The molecule has 0 bridgehead atoms. The lowest BCUT2D eigenvalue weighted by molar-refractivity contribution is 0.190. The fraction of sp³-hybridized carbons (Fsp3) is 0.625. The van der Waals surface area contributed by atoms with Crippen LogP contribution in [0.2, 0.25) is 0 Å². The molecule has 1 atom stereocenters. The zero-order valence-electron chi connectivity index (χ0n) is 12.6. The van der Waals surface area contributed by atoms with Gasteiger partial charge in [-0.2, -0.15) is 0 Å². The van der Waals surface area contributed by atoms with Crippen molar-refractivity contribution in [2.24, 2.45) is 5.92 Å². The summed E-state index contributed by atoms with van der Waals surface area (Å²) in [5.74, 6) is 1.94. The Morgan fingerprint density at radius 3 is 2.62 bits per heavy atom. The molecule has 2 aliphatic rings. The zero-order chi connectivity index (χ0) is 15.0. The zero-order valence-corrected chi connectivity index (χ0v) is 13.4. The highest BCUT2D eigenvalue weighted by atomic mass is 32.2. The molecule has 1 unspecified atom stereocenters. The van der Waals surface area contributed by atoms with E-state index in [-0.39, 0.29) is 17.6 Å². The van der Waals surface area contributed by atoms with E-state index in [2.05, 4.69) is 31.3 Å². The highest BCUT2D eigenvalue weighted by Gasteiger charge is 2.26. The van der Waals surface area contributed by atoms with Crippen molar-refractivity contribution in [2.75, 3.05) is 16.8 Å². The van der Waals surface area contributed by atoms with E-state index in [1.165, 1.54) is 5.56 Å². The van der Waals surface area contributed by atoms with E-state index in [4.69, 9.17) is 4.74 Å². The summed E-state index contributed by atoms with van der Waals surface area (Å²) in [7, 11) is -2.83. The second-order valence-corrected chi connectivity index (χ2v) is 8.79. The summed E-state index contributed by atoms with van der Waals surface area (Å²) in [6.45, 7) is 4.45. The first-order valence-electron chi connectivity index (χ1n) is 7.69. The number of ether oxygens (including phenoxy) is 1. The molecule has 4 nitrogen and oxygen atoms in total. The molecule has 1 N–H and O–H groups in total. The minimum absolute atomic E-state index is 0.0221. The summed E-state index contributed by atoms with van der Waals surface area (Å²) in [6, 6.07) is 6.68. The second-order valence-electron chi connectivity index (χ2n) is 6.49. The van der Waals surface area contributed by atoms with Crippen LogP contribution in [0.3, 0.4) is 0 Å². The van der Waals surface area contributed by atoms with Gasteiger partial charge in [-0.25, -0.2) is 8.42 Å². The van der Waals surface area contributed by atoms with Crippen LogP contribution in [0.4, 0.5) is 5.69 Å². The molecular weight excluding hydrogens is 286 g/mol. The van der Waals surface area contributed by atoms with Gasteiger partial charge in [-0.15, -0.1) is 0 Å². The molecule has 2 aliphatic heterocycles. The van der Waals surface area contributed by atoms with Crippen molar-refractivity contribution in [2.45, 2.75) is 45.3 Å². The van der Waals surface area contributed by atoms with Crippen molar-refractivity contribution in [3.8, 4) is 5.75 Å². The summed E-state index contributed by atoms with van der Waals surface area (Å²) >= 11 is 0. The molecule has 1 fully saturated rings. The first kappa shape index (κ1) is 14.7. The highest BCUT2D eigenvalue weighted by Crippen LogP contribution is 2.33. The maximum Gasteiger partial charge on any atom is 0.150 e. The number of hydrogen-bond acceptors (Lipinski definition) is 4. The fourth-order valence-electron chi connectivity index (χ4n) is 3.01. The number of rotatable bonds is 3. The topological polar surface area (TPSA) is 55.4 Å². The Hall–Kier alpha value is -1.23. The molecule has 0 spiro atoms. The van der Waals surface area contributed by atoms with Crippen molar-refractivity contribution in [1.82, 2.24) is 0 Å². The van der Waals surface area contributed by atoms with Gasteiger partial charge in [0, 0.05) is 17.8 Å². The molecule has 3 rings (SSSR count). The number of benzene rings is 1. The first-order chi connectivity index (χ1) is 9.93. The molecule has 0 amide bonds. The smallest absolute Gasteiger partial charge is 0.150 e. The molecular formula is C16H23NO3S. The minimum Gasteiger partial charge on any atom is -0.490 e. The van der Waals surface area contributed by atoms with Gasteiger partial charge >= 0.3 is 0 Å². The third-order valence-corrected chi connectivity index (χ3v) is 6.19. The lowest BCUT2D eigenvalue weighted by Crippen LogP contribution is -2.30. The predicted octanol–water partition coefficient (Wildman–Crippen LogP) is 2.64. The summed E-state index contributed by atoms with van der Waals surface area (Å²) in [6.07, 6.45) is 2.28. The Morgan fingerprint density at radius 1 is 1.24 bits per heavy atom. The van der Waals surface area contributed by atoms with Gasteiger partial charge in [0.1, 0.15) is 11.9 Å². The SMILES string of the molecule is CC(C)C1Cc2ccc(OC3CCS(=O)(=O)CC3)cc2N1. The monoisotopic (exact) mass is 309 g/mol. The van der Waals surface area contributed by atoms with Crippen LogP contribution >= 0.6 is 0 Å². The molecule has 21 heavy (non-hydrogen) atoms. The van der Waals surface area contributed by atoms with E-state index in [0.717, 1.165) is 17.9 Å². The van der Waals surface area contributed by atoms with E-state index in [9.17, 15) is 8.42 Å². The maximum absolute atomic E-state index is 11.4. The highest BCUT2D eigenvalue weighted by molar-refractivity contribution is 7.91. The average Bonchev–Trinajstić information content (AvgIpc) is 2.84. The third kappa shape index (κ3) is 3.34. The molecule has 1 aromatic rings. The van der Waals surface area contributed by atoms with Crippen LogP contribution in [0.15, 0.2) is 18.2 Å². The van der Waals surface area contributed by atoms with Crippen LogP contribution in [0.1, 0.15) is 32.3 Å². The second kappa shape index (κ2) is 5.52. The molecule has 0 saturated carbocycles. The molecule has 1 aromatic carbocycles. The summed E-state index contributed by atoms with van der Waals surface area (Å²) in [5.41, 5.74) is 2.50. The van der Waals surface area contributed by atoms with Gasteiger partial charge in [-0.3, -0.25) is 0 Å². The van der Waals surface area contributed by atoms with Crippen LogP contribution < -0.4 is 10.1 Å². The van der Waals surface area contributed by atoms with Gasteiger partial charge in [0.25, 0.3) is 0 Å². The summed E-state index contributed by atoms with van der Waals surface area (Å²) < 4.78 is 28.8. The number of sulfone groups is 1. The number of fused-ring (bicyclic) bond motifs is 1. The van der Waals surface area contributed by atoms with Crippen molar-refractivity contribution < 1.29 is 13.2 Å². The van der Waals surface area contributed by atoms with Gasteiger partial charge in [-0.05, 0) is 36.8 Å². The van der Waals surface area contributed by atoms with E-state index in [0.29, 0.717) is 24.8 Å². The normalized spacial score (nSPS) is 24.6. The van der Waals surface area contributed by atoms with Gasteiger partial charge in [0.2, 0.25) is 0 Å². The minimum atomic E-state index is -2.83. The Morgan fingerprint density at radius 2 is 1.95 bits per heavy atom. The van der Waals surface area contributed by atoms with E-state index < -0.39 is 9.84 Å². The lowest BCUT2D eigenvalue weighted by atomic mass is 10.0. The van der Waals surface area contributed by atoms with Crippen molar-refractivity contribution in [1.29, 1.82) is 0 Å². The molecule has 1 saturated heterocycles. The van der Waals surface area contributed by atoms with E-state index in [1.807, 2.05) is 6.07 Å². The third-order valence-electron chi connectivity index (χ3n) is 4.47. The molecule has 2 heterocycles. The fourth-order valence-corrected chi connectivity index (χ4v) is 4.46. The Bertz CT molecular complexity index is 610. The molecule has 0 radical (unpaired) electrons. The Kier molecular flexibility index (Phi) is 3.86. The van der Waals surface area contributed by atoms with Crippen LogP contribution in [0.5, 0.6) is 5.75 Å². The number of anilines is 1.